The molecule has 2 heteroatoms. The lowest BCUT2D eigenvalue weighted by molar-refractivity contribution is 0.422. The van der Waals surface area contributed by atoms with Crippen molar-refractivity contribution in [2.75, 3.05) is 6.54 Å². The first-order valence-electron chi connectivity index (χ1n) is 6.16. The minimum absolute atomic E-state index is 0.159. The molecule has 16 heavy (non-hydrogen) atoms. The van der Waals surface area contributed by atoms with Crippen LogP contribution < -0.4 is 5.32 Å². The molecule has 90 valence electrons. The summed E-state index contributed by atoms with van der Waals surface area (Å²) in [5, 5.41) is 3.46. The van der Waals surface area contributed by atoms with Gasteiger partial charge in [0.1, 0.15) is 5.82 Å². The Morgan fingerprint density at radius 1 is 1.25 bits per heavy atom. The Balaban J connectivity index is 2.49. The van der Waals surface area contributed by atoms with Crippen molar-refractivity contribution in [3.05, 3.63) is 35.6 Å². The fourth-order valence-electron chi connectivity index (χ4n) is 1.81. The summed E-state index contributed by atoms with van der Waals surface area (Å²) in [5.41, 5.74) is 1.02. The van der Waals surface area contributed by atoms with Crippen LogP contribution in [0.3, 0.4) is 0 Å². The predicted octanol–water partition coefficient (Wildman–Crippen LogP) is 3.91. The van der Waals surface area contributed by atoms with E-state index >= 15 is 0 Å². The average molecular weight is 223 g/mol. The van der Waals surface area contributed by atoms with Crippen molar-refractivity contribution in [1.29, 1.82) is 0 Å². The molecule has 1 N–H and O–H groups in total. The van der Waals surface area contributed by atoms with Crippen molar-refractivity contribution in [3.63, 3.8) is 0 Å². The maximum atomic E-state index is 13.0. The van der Waals surface area contributed by atoms with Gasteiger partial charge in [0.15, 0.2) is 0 Å². The molecule has 0 aliphatic heterocycles. The van der Waals surface area contributed by atoms with Gasteiger partial charge in [-0.25, -0.2) is 4.39 Å². The van der Waals surface area contributed by atoms with Gasteiger partial charge in [-0.3, -0.25) is 0 Å². The SMILES string of the molecule is CCC(CC)CNC(C)c1cccc(F)c1. The maximum Gasteiger partial charge on any atom is 0.123 e. The van der Waals surface area contributed by atoms with Gasteiger partial charge in [0.05, 0.1) is 0 Å². The summed E-state index contributed by atoms with van der Waals surface area (Å²) in [7, 11) is 0. The molecule has 1 unspecified atom stereocenters. The molecular weight excluding hydrogens is 201 g/mol. The largest absolute Gasteiger partial charge is 0.310 e. The minimum atomic E-state index is -0.159. The number of hydrogen-bond acceptors (Lipinski definition) is 1. The van der Waals surface area contributed by atoms with E-state index < -0.39 is 0 Å². The second-order valence-electron chi connectivity index (χ2n) is 4.37. The van der Waals surface area contributed by atoms with Crippen LogP contribution >= 0.6 is 0 Å². The molecule has 0 saturated heterocycles. The third-order valence-electron chi connectivity index (χ3n) is 3.22. The van der Waals surface area contributed by atoms with Crippen LogP contribution in [0.15, 0.2) is 24.3 Å². The number of benzene rings is 1. The molecule has 0 fully saturated rings. The number of rotatable bonds is 6. The number of nitrogens with one attached hydrogen (secondary N) is 1. The van der Waals surface area contributed by atoms with Crippen molar-refractivity contribution in [1.82, 2.24) is 5.32 Å². The van der Waals surface area contributed by atoms with Gasteiger partial charge in [0.2, 0.25) is 0 Å². The first-order chi connectivity index (χ1) is 7.67. The lowest BCUT2D eigenvalue weighted by Crippen LogP contribution is -2.25. The van der Waals surface area contributed by atoms with E-state index in [4.69, 9.17) is 0 Å². The maximum absolute atomic E-state index is 13.0. The van der Waals surface area contributed by atoms with Gasteiger partial charge in [-0.15, -0.1) is 0 Å². The zero-order chi connectivity index (χ0) is 12.0. The summed E-state index contributed by atoms with van der Waals surface area (Å²) >= 11 is 0. The molecule has 1 nitrogen and oxygen atoms in total. The molecule has 0 spiro atoms. The van der Waals surface area contributed by atoms with Crippen molar-refractivity contribution < 1.29 is 4.39 Å². The highest BCUT2D eigenvalue weighted by molar-refractivity contribution is 5.19. The summed E-state index contributed by atoms with van der Waals surface area (Å²) in [6, 6.07) is 7.03. The minimum Gasteiger partial charge on any atom is -0.310 e. The van der Waals surface area contributed by atoms with Crippen LogP contribution in [-0.4, -0.2) is 6.54 Å². The number of hydrogen-bond donors (Lipinski definition) is 1. The summed E-state index contributed by atoms with van der Waals surface area (Å²) in [6.45, 7) is 7.51. The Hall–Kier alpha value is -0.890. The molecule has 0 saturated carbocycles. The van der Waals surface area contributed by atoms with Crippen LogP contribution in [0.4, 0.5) is 4.39 Å². The average Bonchev–Trinajstić information content (AvgIpc) is 2.30. The Morgan fingerprint density at radius 2 is 1.94 bits per heavy atom. The molecule has 1 aromatic carbocycles. The van der Waals surface area contributed by atoms with Gasteiger partial charge < -0.3 is 5.32 Å². The van der Waals surface area contributed by atoms with Gasteiger partial charge in [-0.05, 0) is 37.1 Å². The highest BCUT2D eigenvalue weighted by atomic mass is 19.1. The van der Waals surface area contributed by atoms with Crippen LogP contribution in [-0.2, 0) is 0 Å². The summed E-state index contributed by atoms with van der Waals surface area (Å²) < 4.78 is 13.0. The summed E-state index contributed by atoms with van der Waals surface area (Å²) in [6.07, 6.45) is 2.39. The number of halogens is 1. The van der Waals surface area contributed by atoms with Crippen LogP contribution in [0.1, 0.15) is 45.2 Å². The standard InChI is InChI=1S/C14H22FN/c1-4-12(5-2)10-16-11(3)13-7-6-8-14(15)9-13/h6-9,11-12,16H,4-5,10H2,1-3H3. The fourth-order valence-corrected chi connectivity index (χ4v) is 1.81. The van der Waals surface area contributed by atoms with E-state index in [1.54, 1.807) is 12.1 Å². The summed E-state index contributed by atoms with van der Waals surface area (Å²) in [4.78, 5) is 0. The molecule has 0 heterocycles. The zero-order valence-corrected chi connectivity index (χ0v) is 10.5. The van der Waals surface area contributed by atoms with E-state index in [-0.39, 0.29) is 11.9 Å². The van der Waals surface area contributed by atoms with Crippen LogP contribution in [0.5, 0.6) is 0 Å². The zero-order valence-electron chi connectivity index (χ0n) is 10.5. The summed E-state index contributed by atoms with van der Waals surface area (Å²) in [5.74, 6) is 0.560. The van der Waals surface area contributed by atoms with Gasteiger partial charge in [0.25, 0.3) is 0 Å². The Labute approximate surface area is 98.1 Å². The first-order valence-corrected chi connectivity index (χ1v) is 6.16. The molecular formula is C14H22FN. The normalized spacial score (nSPS) is 13.1. The third-order valence-corrected chi connectivity index (χ3v) is 3.22. The Bertz CT molecular complexity index is 307. The lowest BCUT2D eigenvalue weighted by atomic mass is 10.0. The third kappa shape index (κ3) is 3.93. The molecule has 1 rings (SSSR count). The topological polar surface area (TPSA) is 12.0 Å². The Kier molecular flexibility index (Phi) is 5.47. The Morgan fingerprint density at radius 3 is 2.50 bits per heavy atom. The predicted molar refractivity (Wildman–Crippen MR) is 66.9 cm³/mol. The molecule has 0 amide bonds. The van der Waals surface area contributed by atoms with Gasteiger partial charge in [-0.1, -0.05) is 38.8 Å². The van der Waals surface area contributed by atoms with E-state index in [1.165, 1.54) is 18.9 Å². The van der Waals surface area contributed by atoms with Crippen molar-refractivity contribution in [2.24, 2.45) is 5.92 Å². The smallest absolute Gasteiger partial charge is 0.123 e. The molecule has 0 radical (unpaired) electrons. The van der Waals surface area contributed by atoms with E-state index in [1.807, 2.05) is 6.07 Å². The molecule has 0 aliphatic carbocycles. The van der Waals surface area contributed by atoms with Gasteiger partial charge in [0, 0.05) is 6.04 Å². The van der Waals surface area contributed by atoms with E-state index in [9.17, 15) is 4.39 Å². The van der Waals surface area contributed by atoms with Crippen LogP contribution in [0.25, 0.3) is 0 Å². The van der Waals surface area contributed by atoms with E-state index in [2.05, 4.69) is 26.1 Å². The molecule has 0 bridgehead atoms. The van der Waals surface area contributed by atoms with Crippen molar-refractivity contribution in [2.45, 2.75) is 39.7 Å². The highest BCUT2D eigenvalue weighted by Crippen LogP contribution is 2.15. The van der Waals surface area contributed by atoms with Gasteiger partial charge in [-0.2, -0.15) is 0 Å². The fraction of sp³-hybridized carbons (Fsp3) is 0.571. The molecule has 0 aromatic heterocycles. The highest BCUT2D eigenvalue weighted by Gasteiger charge is 2.08. The second kappa shape index (κ2) is 6.64. The molecule has 1 aromatic rings. The van der Waals surface area contributed by atoms with Gasteiger partial charge >= 0.3 is 0 Å². The molecule has 1 atom stereocenters. The monoisotopic (exact) mass is 223 g/mol. The molecule has 0 aliphatic rings. The van der Waals surface area contributed by atoms with E-state index in [0.717, 1.165) is 18.0 Å². The van der Waals surface area contributed by atoms with Crippen molar-refractivity contribution in [3.8, 4) is 0 Å². The van der Waals surface area contributed by atoms with Crippen LogP contribution in [0, 0.1) is 11.7 Å². The van der Waals surface area contributed by atoms with Crippen LogP contribution in [0.2, 0.25) is 0 Å². The van der Waals surface area contributed by atoms with Crippen molar-refractivity contribution >= 4 is 0 Å². The lowest BCUT2D eigenvalue weighted by Gasteiger charge is -2.18. The quantitative estimate of drug-likeness (QED) is 0.771. The van der Waals surface area contributed by atoms with E-state index in [0.29, 0.717) is 0 Å². The first kappa shape index (κ1) is 13.2. The second-order valence-corrected chi connectivity index (χ2v) is 4.37.